The first-order valence-corrected chi connectivity index (χ1v) is 9.53. The molecule has 6 nitrogen and oxygen atoms in total. The lowest BCUT2D eigenvalue weighted by atomic mass is 10.2. The number of carbonyl (C=O) groups is 1. The number of thioether (sulfide) groups is 1. The normalized spacial score (nSPS) is 10.8. The maximum absolute atomic E-state index is 11.9. The van der Waals surface area contributed by atoms with E-state index in [1.807, 2.05) is 31.2 Å². The minimum atomic E-state index is 0.0264. The van der Waals surface area contributed by atoms with Crippen LogP contribution in [0.3, 0.4) is 0 Å². The molecule has 26 heavy (non-hydrogen) atoms. The van der Waals surface area contributed by atoms with Gasteiger partial charge in [-0.2, -0.15) is 0 Å². The van der Waals surface area contributed by atoms with Crippen LogP contribution in [0.5, 0.6) is 0 Å². The zero-order chi connectivity index (χ0) is 18.4. The first-order chi connectivity index (χ1) is 12.6. The van der Waals surface area contributed by atoms with E-state index in [0.717, 1.165) is 34.6 Å². The van der Waals surface area contributed by atoms with Gasteiger partial charge in [-0.05, 0) is 44.0 Å². The van der Waals surface area contributed by atoms with Gasteiger partial charge in [0.2, 0.25) is 5.91 Å². The Morgan fingerprint density at radius 1 is 1.19 bits per heavy atom. The number of amides is 1. The third-order valence-electron chi connectivity index (χ3n) is 3.97. The molecule has 3 aromatic rings. The summed E-state index contributed by atoms with van der Waals surface area (Å²) >= 11 is 1.62. The average molecular weight is 370 g/mol. The summed E-state index contributed by atoms with van der Waals surface area (Å²) in [6.45, 7) is 4.46. The van der Waals surface area contributed by atoms with Crippen LogP contribution < -0.4 is 5.32 Å². The monoisotopic (exact) mass is 370 g/mol. The number of benzene rings is 1. The number of furan rings is 1. The van der Waals surface area contributed by atoms with Crippen LogP contribution in [-0.4, -0.2) is 26.4 Å². The number of hydrogen-bond acceptors (Lipinski definition) is 5. The SMILES string of the molecule is Cc1ccccc1-n1c(C)nnc1SCCCC(=O)NCc1ccco1. The molecular formula is C19H22N4O2S. The Labute approximate surface area is 157 Å². The minimum absolute atomic E-state index is 0.0264. The molecule has 0 aliphatic carbocycles. The maximum atomic E-state index is 11.9. The van der Waals surface area contributed by atoms with Crippen LogP contribution in [0.4, 0.5) is 0 Å². The van der Waals surface area contributed by atoms with Gasteiger partial charge in [0.15, 0.2) is 5.16 Å². The van der Waals surface area contributed by atoms with Crippen LogP contribution in [0.25, 0.3) is 5.69 Å². The molecule has 0 bridgehead atoms. The number of aromatic nitrogens is 3. The highest BCUT2D eigenvalue weighted by atomic mass is 32.2. The summed E-state index contributed by atoms with van der Waals surface area (Å²) in [5.41, 5.74) is 2.27. The largest absolute Gasteiger partial charge is 0.467 e. The highest BCUT2D eigenvalue weighted by molar-refractivity contribution is 7.99. The molecule has 1 N–H and O–H groups in total. The van der Waals surface area contributed by atoms with Crippen molar-refractivity contribution >= 4 is 17.7 Å². The summed E-state index contributed by atoms with van der Waals surface area (Å²) in [5.74, 6) is 2.45. The van der Waals surface area contributed by atoms with Gasteiger partial charge in [0.1, 0.15) is 11.6 Å². The lowest BCUT2D eigenvalue weighted by Gasteiger charge is -2.11. The number of hydrogen-bond donors (Lipinski definition) is 1. The summed E-state index contributed by atoms with van der Waals surface area (Å²) in [6.07, 6.45) is 2.85. The molecule has 0 spiro atoms. The highest BCUT2D eigenvalue weighted by Crippen LogP contribution is 2.24. The van der Waals surface area contributed by atoms with Crippen LogP contribution in [0.2, 0.25) is 0 Å². The summed E-state index contributed by atoms with van der Waals surface area (Å²) < 4.78 is 7.26. The molecule has 0 radical (unpaired) electrons. The Morgan fingerprint density at radius 3 is 2.81 bits per heavy atom. The molecule has 0 unspecified atom stereocenters. The molecule has 0 aliphatic rings. The Hall–Kier alpha value is -2.54. The van der Waals surface area contributed by atoms with Gasteiger partial charge in [-0.3, -0.25) is 9.36 Å². The van der Waals surface area contributed by atoms with Crippen LogP contribution in [0.15, 0.2) is 52.2 Å². The molecule has 0 aliphatic heterocycles. The number of aryl methyl sites for hydroxylation is 2. The molecule has 0 atom stereocenters. The fourth-order valence-electron chi connectivity index (χ4n) is 2.61. The van der Waals surface area contributed by atoms with E-state index >= 15 is 0 Å². The molecule has 2 aromatic heterocycles. The van der Waals surface area contributed by atoms with Crippen molar-refractivity contribution in [1.29, 1.82) is 0 Å². The van der Waals surface area contributed by atoms with Gasteiger partial charge in [0.25, 0.3) is 0 Å². The van der Waals surface area contributed by atoms with Crippen LogP contribution in [0, 0.1) is 13.8 Å². The molecular weight excluding hydrogens is 348 g/mol. The van der Waals surface area contributed by atoms with Crippen LogP contribution in [-0.2, 0) is 11.3 Å². The van der Waals surface area contributed by atoms with E-state index in [-0.39, 0.29) is 5.91 Å². The van der Waals surface area contributed by atoms with E-state index < -0.39 is 0 Å². The number of carbonyl (C=O) groups excluding carboxylic acids is 1. The second-order valence-corrected chi connectivity index (χ2v) is 7.02. The van der Waals surface area contributed by atoms with Gasteiger partial charge in [-0.15, -0.1) is 10.2 Å². The van der Waals surface area contributed by atoms with Crippen molar-refractivity contribution in [1.82, 2.24) is 20.1 Å². The van der Waals surface area contributed by atoms with Crippen LogP contribution in [0.1, 0.15) is 30.0 Å². The average Bonchev–Trinajstić information content (AvgIpc) is 3.27. The summed E-state index contributed by atoms with van der Waals surface area (Å²) in [7, 11) is 0. The van der Waals surface area contributed by atoms with Gasteiger partial charge >= 0.3 is 0 Å². The quantitative estimate of drug-likeness (QED) is 0.484. The molecule has 0 saturated heterocycles. The second-order valence-electron chi connectivity index (χ2n) is 5.96. The Morgan fingerprint density at radius 2 is 2.04 bits per heavy atom. The van der Waals surface area contributed by atoms with E-state index in [4.69, 9.17) is 4.42 Å². The lowest BCUT2D eigenvalue weighted by Crippen LogP contribution is -2.22. The zero-order valence-corrected chi connectivity index (χ0v) is 15.8. The topological polar surface area (TPSA) is 73.0 Å². The predicted octanol–water partition coefficient (Wildman–Crippen LogP) is 3.67. The number of rotatable bonds is 8. The molecule has 7 heteroatoms. The number of nitrogens with zero attached hydrogens (tertiary/aromatic N) is 3. The Bertz CT molecular complexity index is 858. The Balaban J connectivity index is 1.50. The third-order valence-corrected chi connectivity index (χ3v) is 4.99. The molecule has 1 amide bonds. The summed E-state index contributed by atoms with van der Waals surface area (Å²) in [5, 5.41) is 12.2. The molecule has 0 saturated carbocycles. The van der Waals surface area contributed by atoms with E-state index in [1.165, 1.54) is 5.56 Å². The molecule has 0 fully saturated rings. The molecule has 3 rings (SSSR count). The van der Waals surface area contributed by atoms with Gasteiger partial charge in [-0.25, -0.2) is 0 Å². The fourth-order valence-corrected chi connectivity index (χ4v) is 3.54. The standard InChI is InChI=1S/C19H22N4O2S/c1-14-7-3-4-9-17(14)23-15(2)21-22-19(23)26-12-6-10-18(24)20-13-16-8-5-11-25-16/h3-5,7-9,11H,6,10,12-13H2,1-2H3,(H,20,24). The van der Waals surface area contributed by atoms with Crippen molar-refractivity contribution in [2.75, 3.05) is 5.75 Å². The van der Waals surface area contributed by atoms with Crippen molar-refractivity contribution in [2.45, 2.75) is 38.4 Å². The van der Waals surface area contributed by atoms with Crippen molar-refractivity contribution in [2.24, 2.45) is 0 Å². The summed E-state index contributed by atoms with van der Waals surface area (Å²) in [4.78, 5) is 11.9. The molecule has 136 valence electrons. The number of para-hydroxylation sites is 1. The minimum Gasteiger partial charge on any atom is -0.467 e. The molecule has 2 heterocycles. The van der Waals surface area contributed by atoms with Crippen molar-refractivity contribution in [3.05, 3.63) is 59.8 Å². The van der Waals surface area contributed by atoms with Gasteiger partial charge < -0.3 is 9.73 Å². The maximum Gasteiger partial charge on any atom is 0.220 e. The van der Waals surface area contributed by atoms with E-state index in [9.17, 15) is 4.79 Å². The third kappa shape index (κ3) is 4.54. The highest BCUT2D eigenvalue weighted by Gasteiger charge is 2.13. The molecule has 1 aromatic carbocycles. The first-order valence-electron chi connectivity index (χ1n) is 8.55. The lowest BCUT2D eigenvalue weighted by molar-refractivity contribution is -0.121. The Kier molecular flexibility index (Phi) is 6.12. The smallest absolute Gasteiger partial charge is 0.220 e. The number of nitrogens with one attached hydrogen (secondary N) is 1. The van der Waals surface area contributed by atoms with Crippen molar-refractivity contribution in [3.63, 3.8) is 0 Å². The zero-order valence-electron chi connectivity index (χ0n) is 14.9. The van der Waals surface area contributed by atoms with E-state index in [2.05, 4.69) is 39.1 Å². The van der Waals surface area contributed by atoms with Crippen molar-refractivity contribution < 1.29 is 9.21 Å². The van der Waals surface area contributed by atoms with Crippen molar-refractivity contribution in [3.8, 4) is 5.69 Å². The fraction of sp³-hybridized carbons (Fsp3) is 0.316. The van der Waals surface area contributed by atoms with Gasteiger partial charge in [0.05, 0.1) is 18.5 Å². The predicted molar refractivity (Wildman–Crippen MR) is 101 cm³/mol. The van der Waals surface area contributed by atoms with E-state index in [0.29, 0.717) is 13.0 Å². The summed E-state index contributed by atoms with van der Waals surface area (Å²) in [6, 6.07) is 11.8. The van der Waals surface area contributed by atoms with Gasteiger partial charge in [-0.1, -0.05) is 30.0 Å². The first kappa shape index (κ1) is 18.3. The van der Waals surface area contributed by atoms with E-state index in [1.54, 1.807) is 18.0 Å². The van der Waals surface area contributed by atoms with Gasteiger partial charge in [0, 0.05) is 12.2 Å². The van der Waals surface area contributed by atoms with Crippen LogP contribution >= 0.6 is 11.8 Å². The second kappa shape index (κ2) is 8.71.